The predicted octanol–water partition coefficient (Wildman–Crippen LogP) is -0.839. The molecular weight excluding hydrogens is 255 g/mol. The fraction of sp³-hybridized carbons (Fsp3) is 0.600. The van der Waals surface area contributed by atoms with E-state index in [-0.39, 0.29) is 102 Å². The van der Waals surface area contributed by atoms with Gasteiger partial charge in [-0.15, -0.1) is 0 Å². The summed E-state index contributed by atoms with van der Waals surface area (Å²) in [6.07, 6.45) is -3.83. The Bertz CT molecular complexity index is 118. The Morgan fingerprint density at radius 2 is 0.875 bits per heavy atom. The van der Waals surface area contributed by atoms with Gasteiger partial charge in [0.25, 0.3) is 0 Å². The van der Waals surface area contributed by atoms with Gasteiger partial charge in [0.05, 0.1) is 0 Å². The van der Waals surface area contributed by atoms with Crippen LogP contribution in [-0.4, -0.2) is 133 Å². The summed E-state index contributed by atoms with van der Waals surface area (Å²) in [6.45, 7) is 3.44. The normalized spacial score (nSPS) is 5.25. The van der Waals surface area contributed by atoms with E-state index in [1.165, 1.54) is 0 Å². The summed E-state index contributed by atoms with van der Waals surface area (Å²) < 4.78 is 0. The zero-order valence-electron chi connectivity index (χ0n) is 8.34. The molecule has 0 aromatic rings. The molecule has 0 spiro atoms. The standard InChI is InChI=1S/C3H8O.2CH2O3.H3N.3Na.3H/c1-3(2)4;2*2-1(3)4;;;;;;;/h3-4H,1-2H3;2*(H2,2,3,4);1H3;;;;;;/p+1. The number of aliphatic hydroxyl groups is 1. The van der Waals surface area contributed by atoms with Gasteiger partial charge in [-0.3, -0.25) is 0 Å². The molecule has 8 N–H and O–H groups in total. The van der Waals surface area contributed by atoms with Crippen LogP contribution in [0.5, 0.6) is 0 Å². The van der Waals surface area contributed by atoms with E-state index in [0.717, 1.165) is 0 Å². The third-order valence-electron chi connectivity index (χ3n) is 0. The van der Waals surface area contributed by atoms with Crippen LogP contribution < -0.4 is 6.15 Å². The Morgan fingerprint density at radius 3 is 0.875 bits per heavy atom. The van der Waals surface area contributed by atoms with Crippen LogP contribution in [0, 0.1) is 0 Å². The van der Waals surface area contributed by atoms with Crippen molar-refractivity contribution in [3.63, 3.8) is 0 Å². The van der Waals surface area contributed by atoms with Gasteiger partial charge in [0.1, 0.15) is 0 Å². The topological polar surface area (TPSA) is 170 Å². The van der Waals surface area contributed by atoms with E-state index in [0.29, 0.717) is 0 Å². The van der Waals surface area contributed by atoms with Crippen LogP contribution in [0.25, 0.3) is 0 Å². The van der Waals surface area contributed by atoms with E-state index < -0.39 is 12.3 Å². The molecule has 0 radical (unpaired) electrons. The minimum atomic E-state index is -1.83. The molecule has 0 heterocycles. The third-order valence-corrected chi connectivity index (χ3v) is 0. The van der Waals surface area contributed by atoms with Crippen molar-refractivity contribution in [2.45, 2.75) is 20.0 Å². The number of hydrogen-bond donors (Lipinski definition) is 6. The van der Waals surface area contributed by atoms with Crippen molar-refractivity contribution >= 4 is 101 Å². The third kappa shape index (κ3) is 1520. The molecule has 0 saturated carbocycles. The Morgan fingerprint density at radius 1 is 0.875 bits per heavy atom. The fourth-order valence-electron chi connectivity index (χ4n) is 0. The molecule has 0 fully saturated rings. The first kappa shape index (κ1) is 43.2. The van der Waals surface area contributed by atoms with Crippen molar-refractivity contribution in [3.05, 3.63) is 0 Å². The first-order chi connectivity index (χ1) is 5.20. The van der Waals surface area contributed by atoms with Gasteiger partial charge in [0, 0.05) is 6.10 Å². The van der Waals surface area contributed by atoms with Crippen molar-refractivity contribution in [2.75, 3.05) is 0 Å². The maximum absolute atomic E-state index is 8.56. The van der Waals surface area contributed by atoms with Crippen molar-refractivity contribution in [1.82, 2.24) is 6.15 Å². The van der Waals surface area contributed by atoms with E-state index in [1.807, 2.05) is 0 Å². The average Bonchev–Trinajstić information content (AvgIpc) is 1.54. The van der Waals surface area contributed by atoms with Crippen molar-refractivity contribution in [2.24, 2.45) is 0 Å². The van der Waals surface area contributed by atoms with Gasteiger partial charge in [-0.05, 0) is 13.8 Å². The van der Waals surface area contributed by atoms with Gasteiger partial charge in [-0.25, -0.2) is 9.59 Å². The molecular formula is C5H19NNa3O7+. The van der Waals surface area contributed by atoms with Crippen LogP contribution >= 0.6 is 0 Å². The Balaban J connectivity index is -0.0000000104. The summed E-state index contributed by atoms with van der Waals surface area (Å²) >= 11 is 0. The molecule has 0 aromatic heterocycles. The van der Waals surface area contributed by atoms with Crippen molar-refractivity contribution in [3.8, 4) is 0 Å². The molecule has 0 aliphatic rings. The van der Waals surface area contributed by atoms with Crippen LogP contribution in [-0.2, 0) is 0 Å². The van der Waals surface area contributed by atoms with Crippen LogP contribution in [0.3, 0.4) is 0 Å². The van der Waals surface area contributed by atoms with Gasteiger partial charge in [0.2, 0.25) is 0 Å². The summed E-state index contributed by atoms with van der Waals surface area (Å²) in [5.74, 6) is 0. The minimum absolute atomic E-state index is 0. The summed E-state index contributed by atoms with van der Waals surface area (Å²) in [5.41, 5.74) is 0. The van der Waals surface area contributed by atoms with E-state index in [1.54, 1.807) is 13.8 Å². The molecule has 0 saturated heterocycles. The molecule has 0 atom stereocenters. The van der Waals surface area contributed by atoms with Crippen molar-refractivity contribution < 1.29 is 36.5 Å². The zero-order valence-corrected chi connectivity index (χ0v) is 7.34. The molecule has 0 unspecified atom stereocenters. The first-order valence-electron chi connectivity index (χ1n) is 2.72. The Hall–Kier alpha value is 1.46. The Labute approximate surface area is 161 Å². The quantitative estimate of drug-likeness (QED) is 0.310. The summed E-state index contributed by atoms with van der Waals surface area (Å²) in [5, 5.41) is 35.9. The first-order valence-corrected chi connectivity index (χ1v) is 2.72. The Kier molecular flexibility index (Phi) is 97.2. The van der Waals surface area contributed by atoms with Crippen LogP contribution in [0.15, 0.2) is 0 Å². The molecule has 0 aliphatic heterocycles. The van der Waals surface area contributed by atoms with Gasteiger partial charge in [-0.1, -0.05) is 0 Å². The van der Waals surface area contributed by atoms with E-state index >= 15 is 0 Å². The predicted molar refractivity (Wildman–Crippen MR) is 66.2 cm³/mol. The van der Waals surface area contributed by atoms with E-state index in [9.17, 15) is 0 Å². The van der Waals surface area contributed by atoms with Crippen LogP contribution in [0.2, 0.25) is 0 Å². The van der Waals surface area contributed by atoms with Gasteiger partial charge >= 0.3 is 102 Å². The molecule has 11 heteroatoms. The number of carboxylic acid groups (broad SMARTS) is 4. The number of aliphatic hydroxyl groups excluding tert-OH is 1. The number of carbonyl (C=O) groups is 2. The monoisotopic (exact) mass is 274 g/mol. The van der Waals surface area contributed by atoms with E-state index in [2.05, 4.69) is 0 Å². The van der Waals surface area contributed by atoms with Crippen LogP contribution in [0.1, 0.15) is 15.3 Å². The van der Waals surface area contributed by atoms with Crippen LogP contribution in [0.4, 0.5) is 9.59 Å². The number of rotatable bonds is 0. The summed E-state index contributed by atoms with van der Waals surface area (Å²) in [7, 11) is 0. The summed E-state index contributed by atoms with van der Waals surface area (Å²) in [4.78, 5) is 17.1. The summed E-state index contributed by atoms with van der Waals surface area (Å²) in [6, 6.07) is 0. The van der Waals surface area contributed by atoms with E-state index in [4.69, 9.17) is 35.1 Å². The second-order valence-corrected chi connectivity index (χ2v) is 1.66. The van der Waals surface area contributed by atoms with Crippen molar-refractivity contribution in [1.29, 1.82) is 0 Å². The SMILES string of the molecule is CC(C)O.N.O=C(O)O.O=C(O)O.[H+].[NaH].[NaH].[NaH]. The molecule has 16 heavy (non-hydrogen) atoms. The van der Waals surface area contributed by atoms with Gasteiger partial charge < -0.3 is 31.7 Å². The van der Waals surface area contributed by atoms with Gasteiger partial charge in [0.15, 0.2) is 0 Å². The molecule has 88 valence electrons. The maximum atomic E-state index is 8.56. The molecule has 8 nitrogen and oxygen atoms in total. The fourth-order valence-corrected chi connectivity index (χ4v) is 0. The molecule has 0 bridgehead atoms. The molecule has 0 aromatic carbocycles. The zero-order chi connectivity index (χ0) is 10.7. The second kappa shape index (κ2) is 36.0. The average molecular weight is 274 g/mol. The second-order valence-electron chi connectivity index (χ2n) is 1.66. The molecule has 0 rings (SSSR count). The molecule has 0 amide bonds. The number of hydrogen-bond acceptors (Lipinski definition) is 4. The van der Waals surface area contributed by atoms with Gasteiger partial charge in [-0.2, -0.15) is 0 Å². The molecule has 0 aliphatic carbocycles.